The zero-order valence-corrected chi connectivity index (χ0v) is 20.7. The van der Waals surface area contributed by atoms with Gasteiger partial charge < -0.3 is 14.2 Å². The molecule has 10 heteroatoms. The number of rotatable bonds is 11. The van der Waals surface area contributed by atoms with Crippen molar-refractivity contribution < 1.29 is 37.1 Å². The largest absolute Gasteiger partial charge is 0.697 e. The maximum Gasteiger partial charge on any atom is 0.697 e. The van der Waals surface area contributed by atoms with E-state index in [1.807, 2.05) is 24.3 Å². The molecule has 2 aromatic rings. The van der Waals surface area contributed by atoms with E-state index in [1.165, 1.54) is 0 Å². The third-order valence-electron chi connectivity index (χ3n) is 3.42. The van der Waals surface area contributed by atoms with Crippen molar-refractivity contribution in [1.29, 1.82) is 0 Å². The number of benzene rings is 2. The minimum absolute atomic E-state index is 0. The lowest BCUT2D eigenvalue weighted by atomic mass is 10.2. The summed E-state index contributed by atoms with van der Waals surface area (Å²) in [6, 6.07) is 17.8. The Morgan fingerprint density at radius 1 is 0.848 bits per heavy atom. The summed E-state index contributed by atoms with van der Waals surface area (Å²) in [6.07, 6.45) is 0.833. The molecule has 0 heterocycles. The SMILES string of the molecule is C.CCOP(=O)(OCC)C(O)c1ccccc1.CCO[P+](=O)OCC.O=Cc1ccccc1. The first kappa shape index (κ1) is 33.4. The van der Waals surface area contributed by atoms with E-state index < -0.39 is 21.7 Å². The Kier molecular flexibility index (Phi) is 21.1. The first-order valence-electron chi connectivity index (χ1n) is 10.2. The van der Waals surface area contributed by atoms with Gasteiger partial charge in [0.2, 0.25) is 0 Å². The van der Waals surface area contributed by atoms with Crippen molar-refractivity contribution in [3.05, 3.63) is 71.8 Å². The van der Waals surface area contributed by atoms with Crippen LogP contribution in [0.15, 0.2) is 60.7 Å². The molecule has 0 saturated carbocycles. The average Bonchev–Trinajstić information content (AvgIpc) is 2.81. The molecule has 0 spiro atoms. The molecule has 0 aliphatic carbocycles. The fraction of sp³-hybridized carbons (Fsp3) is 0.435. The van der Waals surface area contributed by atoms with E-state index in [1.54, 1.807) is 64.1 Å². The van der Waals surface area contributed by atoms with E-state index in [0.29, 0.717) is 18.8 Å². The van der Waals surface area contributed by atoms with Crippen LogP contribution in [0.5, 0.6) is 0 Å². The number of hydrogen-bond acceptors (Lipinski definition) is 8. The van der Waals surface area contributed by atoms with Gasteiger partial charge in [0.1, 0.15) is 19.5 Å². The van der Waals surface area contributed by atoms with Crippen LogP contribution in [0.4, 0.5) is 0 Å². The number of carbonyl (C=O) groups excluding carboxylic acids is 1. The second-order valence-electron chi connectivity index (χ2n) is 5.75. The van der Waals surface area contributed by atoms with Crippen LogP contribution < -0.4 is 0 Å². The van der Waals surface area contributed by atoms with Gasteiger partial charge in [-0.1, -0.05) is 68.1 Å². The Morgan fingerprint density at radius 3 is 1.61 bits per heavy atom. The molecular formula is C23H37O8P2+. The predicted octanol–water partition coefficient (Wildman–Crippen LogP) is 6.80. The highest BCUT2D eigenvalue weighted by Gasteiger charge is 2.35. The summed E-state index contributed by atoms with van der Waals surface area (Å²) in [6.45, 7) is 8.32. The van der Waals surface area contributed by atoms with E-state index in [2.05, 4.69) is 9.05 Å². The quantitative estimate of drug-likeness (QED) is 0.264. The van der Waals surface area contributed by atoms with Crippen LogP contribution in [0, 0.1) is 0 Å². The zero-order chi connectivity index (χ0) is 24.2. The minimum atomic E-state index is -3.48. The Labute approximate surface area is 198 Å². The minimum Gasteiger partial charge on any atom is -0.376 e. The fourth-order valence-electron chi connectivity index (χ4n) is 2.13. The van der Waals surface area contributed by atoms with Crippen molar-refractivity contribution in [2.75, 3.05) is 26.4 Å². The van der Waals surface area contributed by atoms with Crippen molar-refractivity contribution in [2.45, 2.75) is 41.0 Å². The lowest BCUT2D eigenvalue weighted by Gasteiger charge is -2.22. The van der Waals surface area contributed by atoms with Crippen LogP contribution in [-0.4, -0.2) is 37.8 Å². The van der Waals surface area contributed by atoms with Gasteiger partial charge in [-0.15, -0.1) is 9.05 Å². The van der Waals surface area contributed by atoms with Crippen LogP contribution in [0.3, 0.4) is 0 Å². The van der Waals surface area contributed by atoms with Gasteiger partial charge in [0.15, 0.2) is 5.85 Å². The number of aliphatic hydroxyl groups excluding tert-OH is 1. The number of aliphatic hydroxyl groups is 1. The van der Waals surface area contributed by atoms with Crippen molar-refractivity contribution in [1.82, 2.24) is 0 Å². The molecule has 2 aromatic carbocycles. The summed E-state index contributed by atoms with van der Waals surface area (Å²) >= 11 is 0. The standard InChI is InChI=1S/C11H17O4P.C7H6O.C4H10O3P.CH4/c1-3-14-16(13,15-4-2)11(12)10-8-6-5-7-9-10;8-6-7-4-2-1-3-5-7;1-3-6-8(5)7-4-2;/h5-9,11-12H,3-4H2,1-2H3;1-6H;3-4H2,1-2H3;1H4/q;;+1;. The lowest BCUT2D eigenvalue weighted by molar-refractivity contribution is 0.112. The molecule has 0 aromatic heterocycles. The third-order valence-corrected chi connectivity index (χ3v) is 6.49. The fourth-order valence-corrected chi connectivity index (χ4v) is 4.24. The Balaban J connectivity index is 0. The molecule has 2 rings (SSSR count). The van der Waals surface area contributed by atoms with Crippen molar-refractivity contribution >= 4 is 22.1 Å². The predicted molar refractivity (Wildman–Crippen MR) is 132 cm³/mol. The van der Waals surface area contributed by atoms with Crippen molar-refractivity contribution in [2.24, 2.45) is 0 Å². The second-order valence-corrected chi connectivity index (χ2v) is 8.80. The van der Waals surface area contributed by atoms with Crippen molar-refractivity contribution in [3.63, 3.8) is 0 Å². The monoisotopic (exact) mass is 503 g/mol. The number of hydrogen-bond donors (Lipinski definition) is 1. The van der Waals surface area contributed by atoms with Crippen LogP contribution in [0.2, 0.25) is 0 Å². The molecule has 0 saturated heterocycles. The summed E-state index contributed by atoms with van der Waals surface area (Å²) in [5.74, 6) is -1.23. The maximum absolute atomic E-state index is 12.2. The van der Waals surface area contributed by atoms with Crippen LogP contribution in [0.1, 0.15) is 56.9 Å². The summed E-state index contributed by atoms with van der Waals surface area (Å²) in [5, 5.41) is 9.99. The molecule has 0 fully saturated rings. The number of aldehydes is 1. The third kappa shape index (κ3) is 14.9. The van der Waals surface area contributed by atoms with Gasteiger partial charge in [-0.25, -0.2) is 0 Å². The van der Waals surface area contributed by atoms with E-state index in [0.717, 1.165) is 11.8 Å². The molecule has 1 unspecified atom stereocenters. The molecule has 0 radical (unpaired) electrons. The highest BCUT2D eigenvalue weighted by molar-refractivity contribution is 7.54. The lowest BCUT2D eigenvalue weighted by Crippen LogP contribution is -2.05. The zero-order valence-electron chi connectivity index (χ0n) is 19.0. The summed E-state index contributed by atoms with van der Waals surface area (Å²) in [4.78, 5) is 10.0. The maximum atomic E-state index is 12.2. The summed E-state index contributed by atoms with van der Waals surface area (Å²) in [5.41, 5.74) is 1.26. The smallest absolute Gasteiger partial charge is 0.376 e. The molecule has 0 aliphatic rings. The summed E-state index contributed by atoms with van der Waals surface area (Å²) < 4.78 is 41.8. The highest BCUT2D eigenvalue weighted by Crippen LogP contribution is 2.59. The normalized spacial score (nSPS) is 10.9. The van der Waals surface area contributed by atoms with E-state index in [-0.39, 0.29) is 20.6 Å². The van der Waals surface area contributed by atoms with E-state index in [9.17, 15) is 19.0 Å². The molecule has 33 heavy (non-hydrogen) atoms. The van der Waals surface area contributed by atoms with Crippen LogP contribution in [-0.2, 0) is 27.2 Å². The first-order chi connectivity index (χ1) is 15.4. The Morgan fingerprint density at radius 2 is 1.27 bits per heavy atom. The van der Waals surface area contributed by atoms with Crippen molar-refractivity contribution in [3.8, 4) is 0 Å². The molecule has 1 N–H and O–H groups in total. The summed E-state index contributed by atoms with van der Waals surface area (Å²) in [7, 11) is -5.31. The molecule has 0 aliphatic heterocycles. The van der Waals surface area contributed by atoms with Gasteiger partial charge >= 0.3 is 15.9 Å². The van der Waals surface area contributed by atoms with Gasteiger partial charge in [0.25, 0.3) is 0 Å². The molecule has 8 nitrogen and oxygen atoms in total. The van der Waals surface area contributed by atoms with Crippen LogP contribution in [0.25, 0.3) is 0 Å². The Bertz CT molecular complexity index is 770. The Hall–Kier alpha value is -1.76. The van der Waals surface area contributed by atoms with Gasteiger partial charge in [-0.3, -0.25) is 9.36 Å². The van der Waals surface area contributed by atoms with E-state index >= 15 is 0 Å². The topological polar surface area (TPSA) is 108 Å². The first-order valence-corrected chi connectivity index (χ1v) is 12.9. The average molecular weight is 503 g/mol. The highest BCUT2D eigenvalue weighted by atomic mass is 31.2. The molecule has 0 bridgehead atoms. The van der Waals surface area contributed by atoms with Crippen LogP contribution >= 0.6 is 15.9 Å². The van der Waals surface area contributed by atoms with E-state index in [4.69, 9.17) is 9.05 Å². The molecule has 0 amide bonds. The molecule has 1 atom stereocenters. The van der Waals surface area contributed by atoms with Gasteiger partial charge in [-0.2, -0.15) is 0 Å². The van der Waals surface area contributed by atoms with Gasteiger partial charge in [0.05, 0.1) is 13.2 Å². The van der Waals surface area contributed by atoms with Gasteiger partial charge in [-0.05, 0) is 33.3 Å². The molecule has 186 valence electrons. The van der Waals surface area contributed by atoms with Gasteiger partial charge in [0, 0.05) is 10.1 Å². The molecular weight excluding hydrogens is 466 g/mol. The number of carbonyl (C=O) groups is 1. The second kappa shape index (κ2) is 20.8.